The van der Waals surface area contributed by atoms with Crippen LogP contribution in [-0.2, 0) is 4.79 Å². The molecule has 1 saturated heterocycles. The van der Waals surface area contributed by atoms with Gasteiger partial charge in [0.25, 0.3) is 11.8 Å². The molecule has 1 N–H and O–H groups in total. The quantitative estimate of drug-likeness (QED) is 0.667. The van der Waals surface area contributed by atoms with Gasteiger partial charge in [0.15, 0.2) is 6.61 Å². The van der Waals surface area contributed by atoms with E-state index >= 15 is 0 Å². The number of carbonyl (C=O) groups excluding carboxylic acids is 2. The van der Waals surface area contributed by atoms with E-state index in [1.165, 1.54) is 0 Å². The average molecular weight is 408 g/mol. The maximum atomic E-state index is 12.9. The van der Waals surface area contributed by atoms with Crippen molar-refractivity contribution in [3.05, 3.63) is 53.8 Å². The van der Waals surface area contributed by atoms with Gasteiger partial charge in [0.1, 0.15) is 22.8 Å². The number of aryl methyl sites for hydroxylation is 1. The van der Waals surface area contributed by atoms with Gasteiger partial charge in [-0.05, 0) is 62.2 Å². The molecule has 1 fully saturated rings. The molecule has 0 atom stereocenters. The van der Waals surface area contributed by atoms with Gasteiger partial charge in [-0.2, -0.15) is 0 Å². The number of nitrogens with one attached hydrogen (secondary N) is 1. The van der Waals surface area contributed by atoms with Crippen LogP contribution in [0.25, 0.3) is 11.0 Å². The predicted octanol–water partition coefficient (Wildman–Crippen LogP) is 4.00. The highest BCUT2D eigenvalue weighted by molar-refractivity contribution is 6.13. The first kappa shape index (κ1) is 19.8. The lowest BCUT2D eigenvalue weighted by molar-refractivity contribution is -0.132. The minimum Gasteiger partial charge on any atom is -0.497 e. The molecular weight excluding hydrogens is 384 g/mol. The zero-order valence-corrected chi connectivity index (χ0v) is 17.1. The second-order valence-corrected chi connectivity index (χ2v) is 7.25. The lowest BCUT2D eigenvalue weighted by Crippen LogP contribution is -2.32. The van der Waals surface area contributed by atoms with Gasteiger partial charge < -0.3 is 24.1 Å². The Hall–Kier alpha value is -3.48. The van der Waals surface area contributed by atoms with Crippen molar-refractivity contribution in [3.8, 4) is 11.5 Å². The Bertz CT molecular complexity index is 1070. The maximum Gasteiger partial charge on any atom is 0.260 e. The summed E-state index contributed by atoms with van der Waals surface area (Å²) < 4.78 is 16.5. The Morgan fingerprint density at radius 2 is 1.77 bits per heavy atom. The summed E-state index contributed by atoms with van der Waals surface area (Å²) in [6, 6.07) is 12.3. The number of fused-ring (bicyclic) bond motifs is 1. The first-order valence-corrected chi connectivity index (χ1v) is 9.94. The molecule has 0 spiro atoms. The Balaban J connectivity index is 1.42. The number of ether oxygens (including phenoxy) is 2. The maximum absolute atomic E-state index is 12.9. The van der Waals surface area contributed by atoms with E-state index in [-0.39, 0.29) is 18.4 Å². The number of hydrogen-bond donors (Lipinski definition) is 1. The number of amides is 2. The van der Waals surface area contributed by atoms with Gasteiger partial charge in [0.2, 0.25) is 0 Å². The van der Waals surface area contributed by atoms with Crippen LogP contribution >= 0.6 is 0 Å². The molecule has 156 valence electrons. The number of likely N-dealkylation sites (tertiary alicyclic amines) is 1. The van der Waals surface area contributed by atoms with Crippen LogP contribution in [0.3, 0.4) is 0 Å². The lowest BCUT2D eigenvalue weighted by Gasteiger charge is -2.15. The van der Waals surface area contributed by atoms with Crippen molar-refractivity contribution in [2.24, 2.45) is 0 Å². The van der Waals surface area contributed by atoms with Crippen molar-refractivity contribution in [1.29, 1.82) is 0 Å². The van der Waals surface area contributed by atoms with E-state index < -0.39 is 0 Å². The summed E-state index contributed by atoms with van der Waals surface area (Å²) in [7, 11) is 1.58. The third-order valence-electron chi connectivity index (χ3n) is 5.23. The predicted molar refractivity (Wildman–Crippen MR) is 113 cm³/mol. The number of benzene rings is 2. The number of rotatable bonds is 6. The molecule has 1 aliphatic heterocycles. The lowest BCUT2D eigenvalue weighted by atomic mass is 10.1. The van der Waals surface area contributed by atoms with E-state index in [9.17, 15) is 9.59 Å². The number of carbonyl (C=O) groups is 2. The number of anilines is 1. The zero-order chi connectivity index (χ0) is 21.1. The summed E-state index contributed by atoms with van der Waals surface area (Å²) in [6.07, 6.45) is 2.11. The van der Waals surface area contributed by atoms with Crippen LogP contribution in [0.1, 0.15) is 29.0 Å². The van der Waals surface area contributed by atoms with E-state index in [0.29, 0.717) is 39.5 Å². The second-order valence-electron chi connectivity index (χ2n) is 7.25. The summed E-state index contributed by atoms with van der Waals surface area (Å²) in [5, 5.41) is 3.58. The molecule has 7 nitrogen and oxygen atoms in total. The van der Waals surface area contributed by atoms with Gasteiger partial charge in [0.05, 0.1) is 12.7 Å². The molecule has 7 heteroatoms. The van der Waals surface area contributed by atoms with Gasteiger partial charge in [0, 0.05) is 24.2 Å². The molecule has 1 aromatic heterocycles. The molecule has 0 radical (unpaired) electrons. The SMILES string of the molecule is COc1ccc2oc(C)c(C(=O)Nc3ccc(OCC(=O)N4CCCC4)cc3)c2c1. The molecule has 2 heterocycles. The third kappa shape index (κ3) is 4.10. The zero-order valence-electron chi connectivity index (χ0n) is 17.1. The second kappa shape index (κ2) is 8.49. The van der Waals surface area contributed by atoms with Crippen LogP contribution in [0.2, 0.25) is 0 Å². The molecule has 2 aromatic carbocycles. The van der Waals surface area contributed by atoms with Crippen molar-refractivity contribution in [1.82, 2.24) is 4.90 Å². The Morgan fingerprint density at radius 3 is 2.47 bits per heavy atom. The van der Waals surface area contributed by atoms with Crippen LogP contribution in [0.15, 0.2) is 46.9 Å². The standard InChI is InChI=1S/C23H24N2O5/c1-15-22(19-13-18(28-2)9-10-20(19)30-15)23(27)24-16-5-7-17(8-6-16)29-14-21(26)25-11-3-4-12-25/h5-10,13H,3-4,11-12,14H2,1-2H3,(H,24,27). The first-order chi connectivity index (χ1) is 14.5. The van der Waals surface area contributed by atoms with Crippen LogP contribution in [0, 0.1) is 6.92 Å². The number of furan rings is 1. The Kier molecular flexibility index (Phi) is 5.61. The third-order valence-corrected chi connectivity index (χ3v) is 5.23. The van der Waals surface area contributed by atoms with Crippen molar-refractivity contribution in [3.63, 3.8) is 0 Å². The molecule has 0 bridgehead atoms. The van der Waals surface area contributed by atoms with E-state index in [1.807, 2.05) is 4.90 Å². The molecule has 0 unspecified atom stereocenters. The Morgan fingerprint density at radius 1 is 1.07 bits per heavy atom. The molecule has 30 heavy (non-hydrogen) atoms. The van der Waals surface area contributed by atoms with Gasteiger partial charge in [-0.15, -0.1) is 0 Å². The molecule has 0 aliphatic carbocycles. The fourth-order valence-electron chi connectivity index (χ4n) is 3.64. The summed E-state index contributed by atoms with van der Waals surface area (Å²) >= 11 is 0. The summed E-state index contributed by atoms with van der Waals surface area (Å²) in [4.78, 5) is 26.8. The van der Waals surface area contributed by atoms with E-state index in [0.717, 1.165) is 25.9 Å². The van der Waals surface area contributed by atoms with E-state index in [4.69, 9.17) is 13.9 Å². The summed E-state index contributed by atoms with van der Waals surface area (Å²) in [6.45, 7) is 3.39. The van der Waals surface area contributed by atoms with Crippen molar-refractivity contribution in [2.75, 3.05) is 32.1 Å². The highest BCUT2D eigenvalue weighted by Crippen LogP contribution is 2.30. The normalized spacial score (nSPS) is 13.5. The minimum atomic E-state index is -0.266. The Labute approximate surface area is 174 Å². The molecule has 1 aliphatic rings. The van der Waals surface area contributed by atoms with E-state index in [2.05, 4.69) is 5.32 Å². The number of methoxy groups -OCH3 is 1. The molecular formula is C23H24N2O5. The van der Waals surface area contributed by atoms with Crippen molar-refractivity contribution >= 4 is 28.5 Å². The smallest absolute Gasteiger partial charge is 0.260 e. The number of hydrogen-bond acceptors (Lipinski definition) is 5. The molecule has 0 saturated carbocycles. The number of nitrogens with zero attached hydrogens (tertiary/aromatic N) is 1. The first-order valence-electron chi connectivity index (χ1n) is 9.94. The molecule has 3 aromatic rings. The molecule has 4 rings (SSSR count). The van der Waals surface area contributed by atoms with Crippen molar-refractivity contribution < 1.29 is 23.5 Å². The van der Waals surface area contributed by atoms with Crippen LogP contribution in [-0.4, -0.2) is 43.5 Å². The van der Waals surface area contributed by atoms with Crippen LogP contribution in [0.4, 0.5) is 5.69 Å². The largest absolute Gasteiger partial charge is 0.497 e. The van der Waals surface area contributed by atoms with Crippen LogP contribution < -0.4 is 14.8 Å². The topological polar surface area (TPSA) is 81.0 Å². The van der Waals surface area contributed by atoms with Gasteiger partial charge in [-0.25, -0.2) is 0 Å². The fraction of sp³-hybridized carbons (Fsp3) is 0.304. The van der Waals surface area contributed by atoms with Gasteiger partial charge in [-0.3, -0.25) is 9.59 Å². The monoisotopic (exact) mass is 408 g/mol. The van der Waals surface area contributed by atoms with Crippen LogP contribution in [0.5, 0.6) is 11.5 Å². The molecule has 2 amide bonds. The van der Waals surface area contributed by atoms with Gasteiger partial charge >= 0.3 is 0 Å². The minimum absolute atomic E-state index is 0.00242. The van der Waals surface area contributed by atoms with Gasteiger partial charge in [-0.1, -0.05) is 0 Å². The van der Waals surface area contributed by atoms with E-state index in [1.54, 1.807) is 56.5 Å². The highest BCUT2D eigenvalue weighted by Gasteiger charge is 2.20. The summed E-state index contributed by atoms with van der Waals surface area (Å²) in [5.74, 6) is 1.51. The highest BCUT2D eigenvalue weighted by atomic mass is 16.5. The summed E-state index contributed by atoms with van der Waals surface area (Å²) in [5.41, 5.74) is 1.72. The fourth-order valence-corrected chi connectivity index (χ4v) is 3.64. The van der Waals surface area contributed by atoms with Crippen molar-refractivity contribution in [2.45, 2.75) is 19.8 Å². The average Bonchev–Trinajstić information content (AvgIpc) is 3.39.